The summed E-state index contributed by atoms with van der Waals surface area (Å²) >= 11 is 0. The fourth-order valence-corrected chi connectivity index (χ4v) is 3.78. The van der Waals surface area contributed by atoms with Crippen molar-refractivity contribution in [1.29, 1.82) is 0 Å². The highest BCUT2D eigenvalue weighted by Crippen LogP contribution is 2.49. The summed E-state index contributed by atoms with van der Waals surface area (Å²) in [7, 11) is -3.00. The fraction of sp³-hybridized carbons (Fsp3) is 0.625. The van der Waals surface area contributed by atoms with Gasteiger partial charge in [-0.05, 0) is 25.5 Å². The second-order valence-corrected chi connectivity index (χ2v) is 7.03. The summed E-state index contributed by atoms with van der Waals surface area (Å²) in [6.45, 7) is 4.47. The minimum absolute atomic E-state index is 0.417. The van der Waals surface area contributed by atoms with Crippen LogP contribution in [0.1, 0.15) is 52.4 Å². The Labute approximate surface area is 123 Å². The van der Waals surface area contributed by atoms with E-state index in [1.54, 1.807) is 0 Å². The number of hydrogen-bond acceptors (Lipinski definition) is 3. The van der Waals surface area contributed by atoms with Gasteiger partial charge in [-0.2, -0.15) is 0 Å². The molecule has 0 saturated carbocycles. The van der Waals surface area contributed by atoms with E-state index in [-0.39, 0.29) is 0 Å². The largest absolute Gasteiger partial charge is 0.424 e. The predicted octanol–water partition coefficient (Wildman–Crippen LogP) is 5.66. The molecule has 0 bridgehead atoms. The average molecular weight is 298 g/mol. The number of hydrogen-bond donors (Lipinski definition) is 0. The average Bonchev–Trinajstić information content (AvgIpc) is 2.44. The Bertz CT molecular complexity index is 392. The second-order valence-electron chi connectivity index (χ2n) is 4.92. The van der Waals surface area contributed by atoms with E-state index in [2.05, 4.69) is 6.92 Å². The normalized spacial score (nSPS) is 13.9. The van der Waals surface area contributed by atoms with Gasteiger partial charge in [0.25, 0.3) is 0 Å². The van der Waals surface area contributed by atoms with Crippen LogP contribution in [0, 0.1) is 0 Å². The fourth-order valence-electron chi connectivity index (χ4n) is 2.06. The Balaban J connectivity index is 2.39. The molecule has 1 atom stereocenters. The maximum absolute atomic E-state index is 12.6. The topological polar surface area (TPSA) is 35.5 Å². The lowest BCUT2D eigenvalue weighted by atomic mass is 10.1. The maximum atomic E-state index is 12.6. The molecule has 0 aliphatic rings. The van der Waals surface area contributed by atoms with E-state index in [9.17, 15) is 4.57 Å². The molecule has 1 aromatic carbocycles. The molecule has 0 spiro atoms. The third kappa shape index (κ3) is 7.12. The van der Waals surface area contributed by atoms with Crippen LogP contribution in [0.2, 0.25) is 0 Å². The predicted molar refractivity (Wildman–Crippen MR) is 84.5 cm³/mol. The highest BCUT2D eigenvalue weighted by atomic mass is 31.2. The Kier molecular flexibility index (Phi) is 8.64. The van der Waals surface area contributed by atoms with Crippen LogP contribution in [0.15, 0.2) is 30.3 Å². The minimum atomic E-state index is -3.00. The van der Waals surface area contributed by atoms with Gasteiger partial charge < -0.3 is 9.05 Å². The molecule has 0 aromatic heterocycles. The summed E-state index contributed by atoms with van der Waals surface area (Å²) in [5.41, 5.74) is 0. The minimum Gasteiger partial charge on any atom is -0.424 e. The van der Waals surface area contributed by atoms with Crippen LogP contribution in [0.4, 0.5) is 0 Å². The highest BCUT2D eigenvalue weighted by molar-refractivity contribution is 7.54. The Morgan fingerprint density at radius 3 is 2.25 bits per heavy atom. The van der Waals surface area contributed by atoms with Crippen molar-refractivity contribution < 1.29 is 13.6 Å². The quantitative estimate of drug-likeness (QED) is 0.391. The Hall–Kier alpha value is -0.790. The van der Waals surface area contributed by atoms with Crippen LogP contribution < -0.4 is 4.52 Å². The summed E-state index contributed by atoms with van der Waals surface area (Å²) in [6, 6.07) is 9.28. The first-order valence-electron chi connectivity index (χ1n) is 7.68. The van der Waals surface area contributed by atoms with Crippen molar-refractivity contribution in [3.8, 4) is 5.75 Å². The van der Waals surface area contributed by atoms with E-state index in [1.165, 1.54) is 25.7 Å². The summed E-state index contributed by atoms with van der Waals surface area (Å²) in [5.74, 6) is 0.621. The molecule has 0 N–H and O–H groups in total. The first kappa shape index (κ1) is 17.3. The van der Waals surface area contributed by atoms with Crippen LogP contribution in [0.5, 0.6) is 5.75 Å². The molecule has 0 saturated heterocycles. The van der Waals surface area contributed by atoms with Crippen molar-refractivity contribution in [1.82, 2.24) is 0 Å². The van der Waals surface area contributed by atoms with Gasteiger partial charge in [-0.1, -0.05) is 57.2 Å². The van der Waals surface area contributed by atoms with E-state index < -0.39 is 7.60 Å². The van der Waals surface area contributed by atoms with Gasteiger partial charge in [-0.25, -0.2) is 4.57 Å². The van der Waals surface area contributed by atoms with Crippen molar-refractivity contribution in [3.63, 3.8) is 0 Å². The van der Waals surface area contributed by atoms with Crippen LogP contribution in [0.3, 0.4) is 0 Å². The van der Waals surface area contributed by atoms with Gasteiger partial charge >= 0.3 is 7.60 Å². The monoisotopic (exact) mass is 298 g/mol. The van der Waals surface area contributed by atoms with Crippen LogP contribution in [0.25, 0.3) is 0 Å². The molecule has 4 heteroatoms. The first-order valence-corrected chi connectivity index (χ1v) is 9.41. The van der Waals surface area contributed by atoms with Gasteiger partial charge in [0.2, 0.25) is 0 Å². The maximum Gasteiger partial charge on any atom is 0.379 e. The summed E-state index contributed by atoms with van der Waals surface area (Å²) in [6.07, 6.45) is 7.48. The zero-order valence-corrected chi connectivity index (χ0v) is 13.6. The smallest absolute Gasteiger partial charge is 0.379 e. The van der Waals surface area contributed by atoms with Crippen LogP contribution >= 0.6 is 7.60 Å². The molecule has 20 heavy (non-hydrogen) atoms. The van der Waals surface area contributed by atoms with Crippen molar-refractivity contribution in [2.24, 2.45) is 0 Å². The Morgan fingerprint density at radius 2 is 1.60 bits per heavy atom. The molecule has 1 unspecified atom stereocenters. The molecular formula is C16H27O3P. The summed E-state index contributed by atoms with van der Waals surface area (Å²) < 4.78 is 23.6. The van der Waals surface area contributed by atoms with Gasteiger partial charge in [0.1, 0.15) is 5.75 Å². The standard InChI is InChI=1S/C16H27O3P/c1-3-5-6-7-8-12-15-20(17,18-4-2)19-16-13-10-9-11-14-16/h9-11,13-14H,3-8,12,15H2,1-2H3. The van der Waals surface area contributed by atoms with Crippen molar-refractivity contribution >= 4 is 7.60 Å². The van der Waals surface area contributed by atoms with Gasteiger partial charge in [-0.3, -0.25) is 0 Å². The number of rotatable bonds is 11. The van der Waals surface area contributed by atoms with Crippen molar-refractivity contribution in [2.45, 2.75) is 52.4 Å². The van der Waals surface area contributed by atoms with Crippen molar-refractivity contribution in [2.75, 3.05) is 12.8 Å². The highest BCUT2D eigenvalue weighted by Gasteiger charge is 2.24. The lowest BCUT2D eigenvalue weighted by Crippen LogP contribution is -2.03. The van der Waals surface area contributed by atoms with Gasteiger partial charge in [0, 0.05) is 0 Å². The zero-order chi connectivity index (χ0) is 14.7. The number of para-hydroxylation sites is 1. The number of unbranched alkanes of at least 4 members (excludes halogenated alkanes) is 5. The molecule has 0 aliphatic carbocycles. The van der Waals surface area contributed by atoms with E-state index in [0.717, 1.165) is 12.8 Å². The van der Waals surface area contributed by atoms with Crippen LogP contribution in [-0.4, -0.2) is 12.8 Å². The molecule has 114 valence electrons. The SMILES string of the molecule is CCCCCCCCP(=O)(OCC)Oc1ccccc1. The molecule has 1 aromatic rings. The molecule has 1 rings (SSSR count). The van der Waals surface area contributed by atoms with Gasteiger partial charge in [0.15, 0.2) is 0 Å². The van der Waals surface area contributed by atoms with Crippen molar-refractivity contribution in [3.05, 3.63) is 30.3 Å². The van der Waals surface area contributed by atoms with Gasteiger partial charge in [0.05, 0.1) is 12.8 Å². The number of benzene rings is 1. The second kappa shape index (κ2) is 10.0. The summed E-state index contributed by atoms with van der Waals surface area (Å²) in [4.78, 5) is 0. The first-order chi connectivity index (χ1) is 9.70. The van der Waals surface area contributed by atoms with E-state index in [4.69, 9.17) is 9.05 Å². The molecule has 0 fully saturated rings. The third-order valence-corrected chi connectivity index (χ3v) is 5.10. The zero-order valence-electron chi connectivity index (χ0n) is 12.7. The molecule has 0 heterocycles. The third-order valence-electron chi connectivity index (χ3n) is 3.10. The molecule has 0 aliphatic heterocycles. The van der Waals surface area contributed by atoms with E-state index >= 15 is 0 Å². The van der Waals surface area contributed by atoms with E-state index in [1.807, 2.05) is 37.3 Å². The molecular weight excluding hydrogens is 271 g/mol. The summed E-state index contributed by atoms with van der Waals surface area (Å²) in [5, 5.41) is 0. The van der Waals surface area contributed by atoms with Gasteiger partial charge in [-0.15, -0.1) is 0 Å². The lowest BCUT2D eigenvalue weighted by Gasteiger charge is -2.18. The lowest BCUT2D eigenvalue weighted by molar-refractivity contribution is 0.278. The Morgan fingerprint density at radius 1 is 0.950 bits per heavy atom. The van der Waals surface area contributed by atoms with E-state index in [0.29, 0.717) is 18.5 Å². The molecule has 0 radical (unpaired) electrons. The van der Waals surface area contributed by atoms with Crippen LogP contribution in [-0.2, 0) is 9.09 Å². The molecule has 0 amide bonds. The molecule has 3 nitrogen and oxygen atoms in total.